The van der Waals surface area contributed by atoms with E-state index in [0.29, 0.717) is 24.0 Å². The number of esters is 2. The highest BCUT2D eigenvalue weighted by Gasteiger charge is 2.12. The maximum Gasteiger partial charge on any atom is 0.337 e. The van der Waals surface area contributed by atoms with Crippen molar-refractivity contribution in [3.8, 4) is 0 Å². The molecule has 0 saturated carbocycles. The molecule has 0 N–H and O–H groups in total. The second-order valence-electron chi connectivity index (χ2n) is 6.41. The Kier molecular flexibility index (Phi) is 4.61. The minimum absolute atomic E-state index is 0.377. The molecule has 0 radical (unpaired) electrons. The van der Waals surface area contributed by atoms with Crippen LogP contribution in [0.1, 0.15) is 32.2 Å². The van der Waals surface area contributed by atoms with E-state index in [-0.39, 0.29) is 11.9 Å². The van der Waals surface area contributed by atoms with Gasteiger partial charge in [-0.25, -0.2) is 9.59 Å². The van der Waals surface area contributed by atoms with Crippen molar-refractivity contribution in [1.29, 1.82) is 0 Å². The van der Waals surface area contributed by atoms with Crippen molar-refractivity contribution in [3.05, 3.63) is 71.2 Å². The third-order valence-corrected chi connectivity index (χ3v) is 4.59. The standard InChI is InChI=1S/C22H18O6/c1-25-21(23)13-3-7-19-15(9-13)11-17(27-19)5-6-18-12-16-10-14(22(24)26-2)4-8-20(16)28-18/h3-4,7-12H,5-6H2,1-2H3. The molecule has 0 atom stereocenters. The van der Waals surface area contributed by atoms with Gasteiger partial charge in [0.15, 0.2) is 0 Å². The quantitative estimate of drug-likeness (QED) is 0.475. The molecule has 0 fully saturated rings. The highest BCUT2D eigenvalue weighted by atomic mass is 16.5. The van der Waals surface area contributed by atoms with Gasteiger partial charge in [-0.1, -0.05) is 0 Å². The van der Waals surface area contributed by atoms with Crippen molar-refractivity contribution >= 4 is 33.9 Å². The second kappa shape index (κ2) is 7.23. The fourth-order valence-corrected chi connectivity index (χ4v) is 3.18. The van der Waals surface area contributed by atoms with Crippen molar-refractivity contribution < 1.29 is 27.9 Å². The van der Waals surface area contributed by atoms with Gasteiger partial charge in [0.2, 0.25) is 0 Å². The average Bonchev–Trinajstić information content (AvgIpc) is 3.32. The number of fused-ring (bicyclic) bond motifs is 2. The fourth-order valence-electron chi connectivity index (χ4n) is 3.18. The van der Waals surface area contributed by atoms with Crippen LogP contribution in [-0.2, 0) is 22.3 Å². The number of aryl methyl sites for hydroxylation is 2. The van der Waals surface area contributed by atoms with E-state index in [1.165, 1.54) is 14.2 Å². The van der Waals surface area contributed by atoms with E-state index in [2.05, 4.69) is 0 Å². The number of furan rings is 2. The van der Waals surface area contributed by atoms with Crippen molar-refractivity contribution in [3.63, 3.8) is 0 Å². The molecule has 28 heavy (non-hydrogen) atoms. The zero-order chi connectivity index (χ0) is 19.7. The SMILES string of the molecule is COC(=O)c1ccc2oc(CCc3cc4cc(C(=O)OC)ccc4o3)cc2c1. The molecule has 0 unspecified atom stereocenters. The smallest absolute Gasteiger partial charge is 0.337 e. The van der Waals surface area contributed by atoms with Crippen LogP contribution in [0.15, 0.2) is 57.4 Å². The summed E-state index contributed by atoms with van der Waals surface area (Å²) in [6.45, 7) is 0. The Balaban J connectivity index is 1.52. The number of carbonyl (C=O) groups is 2. The summed E-state index contributed by atoms with van der Waals surface area (Å²) in [6.07, 6.45) is 1.29. The zero-order valence-electron chi connectivity index (χ0n) is 15.5. The first-order chi connectivity index (χ1) is 13.6. The van der Waals surface area contributed by atoms with Gasteiger partial charge in [-0.15, -0.1) is 0 Å². The highest BCUT2D eigenvalue weighted by Crippen LogP contribution is 2.25. The first-order valence-electron chi connectivity index (χ1n) is 8.79. The third-order valence-electron chi connectivity index (χ3n) is 4.59. The van der Waals surface area contributed by atoms with E-state index < -0.39 is 0 Å². The number of hydrogen-bond acceptors (Lipinski definition) is 6. The van der Waals surface area contributed by atoms with E-state index in [0.717, 1.165) is 33.5 Å². The van der Waals surface area contributed by atoms with Crippen molar-refractivity contribution in [2.45, 2.75) is 12.8 Å². The average molecular weight is 378 g/mol. The van der Waals surface area contributed by atoms with Gasteiger partial charge in [0.05, 0.1) is 25.3 Å². The molecular formula is C22H18O6. The predicted molar refractivity (Wildman–Crippen MR) is 103 cm³/mol. The van der Waals surface area contributed by atoms with Gasteiger partial charge in [0.25, 0.3) is 0 Å². The lowest BCUT2D eigenvalue weighted by molar-refractivity contribution is 0.0592. The van der Waals surface area contributed by atoms with Gasteiger partial charge in [-0.2, -0.15) is 0 Å². The molecule has 0 amide bonds. The highest BCUT2D eigenvalue weighted by molar-refractivity contribution is 5.95. The van der Waals surface area contributed by atoms with Crippen LogP contribution in [0.2, 0.25) is 0 Å². The number of rotatable bonds is 5. The molecule has 0 aliphatic heterocycles. The van der Waals surface area contributed by atoms with Crippen molar-refractivity contribution in [2.75, 3.05) is 14.2 Å². The number of ether oxygens (including phenoxy) is 2. The summed E-state index contributed by atoms with van der Waals surface area (Å²) < 4.78 is 21.2. The van der Waals surface area contributed by atoms with Crippen LogP contribution in [0.3, 0.4) is 0 Å². The Morgan fingerprint density at radius 1 is 0.714 bits per heavy atom. The first kappa shape index (κ1) is 17.9. The first-order valence-corrected chi connectivity index (χ1v) is 8.79. The number of methoxy groups -OCH3 is 2. The minimum atomic E-state index is -0.377. The lowest BCUT2D eigenvalue weighted by atomic mass is 10.1. The molecule has 0 aliphatic rings. The molecule has 6 nitrogen and oxygen atoms in total. The van der Waals surface area contributed by atoms with E-state index in [1.807, 2.05) is 12.1 Å². The van der Waals surface area contributed by atoms with E-state index in [4.69, 9.17) is 18.3 Å². The van der Waals surface area contributed by atoms with Crippen LogP contribution in [0, 0.1) is 0 Å². The Bertz CT molecular complexity index is 1090. The van der Waals surface area contributed by atoms with E-state index >= 15 is 0 Å². The van der Waals surface area contributed by atoms with Gasteiger partial charge in [0, 0.05) is 23.6 Å². The van der Waals surface area contributed by atoms with Gasteiger partial charge in [-0.05, 0) is 48.5 Å². The lowest BCUT2D eigenvalue weighted by Gasteiger charge is -1.97. The molecule has 2 heterocycles. The van der Waals surface area contributed by atoms with Crippen molar-refractivity contribution in [1.82, 2.24) is 0 Å². The van der Waals surface area contributed by atoms with Crippen LogP contribution in [-0.4, -0.2) is 26.2 Å². The fraction of sp³-hybridized carbons (Fsp3) is 0.182. The minimum Gasteiger partial charge on any atom is -0.465 e. The van der Waals surface area contributed by atoms with Crippen LogP contribution in [0.25, 0.3) is 21.9 Å². The Hall–Kier alpha value is -3.54. The largest absolute Gasteiger partial charge is 0.465 e. The molecule has 4 aromatic rings. The summed E-state index contributed by atoms with van der Waals surface area (Å²) in [4.78, 5) is 23.3. The predicted octanol–water partition coefficient (Wildman–Crippen LogP) is 4.54. The molecule has 2 aromatic carbocycles. The summed E-state index contributed by atoms with van der Waals surface area (Å²) in [5, 5.41) is 1.70. The zero-order valence-corrected chi connectivity index (χ0v) is 15.5. The van der Waals surface area contributed by atoms with Crippen LogP contribution in [0.5, 0.6) is 0 Å². The summed E-state index contributed by atoms with van der Waals surface area (Å²) in [5.74, 6) is 0.844. The Morgan fingerprint density at radius 3 is 1.54 bits per heavy atom. The molecule has 2 aromatic heterocycles. The lowest BCUT2D eigenvalue weighted by Crippen LogP contribution is -1.99. The molecule has 4 rings (SSSR count). The van der Waals surface area contributed by atoms with Gasteiger partial charge >= 0.3 is 11.9 Å². The van der Waals surface area contributed by atoms with E-state index in [1.54, 1.807) is 36.4 Å². The molecule has 6 heteroatoms. The Morgan fingerprint density at radius 2 is 1.14 bits per heavy atom. The molecular weight excluding hydrogens is 360 g/mol. The normalized spacial score (nSPS) is 11.1. The van der Waals surface area contributed by atoms with Crippen LogP contribution < -0.4 is 0 Å². The third kappa shape index (κ3) is 3.36. The summed E-state index contributed by atoms with van der Waals surface area (Å²) >= 11 is 0. The monoisotopic (exact) mass is 378 g/mol. The Labute approximate surface area is 160 Å². The van der Waals surface area contributed by atoms with Crippen LogP contribution >= 0.6 is 0 Å². The number of hydrogen-bond donors (Lipinski definition) is 0. The molecule has 0 saturated heterocycles. The molecule has 142 valence electrons. The van der Waals surface area contributed by atoms with Gasteiger partial charge in [0.1, 0.15) is 22.7 Å². The summed E-state index contributed by atoms with van der Waals surface area (Å²) in [5.41, 5.74) is 2.41. The maximum atomic E-state index is 11.7. The van der Waals surface area contributed by atoms with Crippen LogP contribution in [0.4, 0.5) is 0 Å². The molecule has 0 bridgehead atoms. The van der Waals surface area contributed by atoms with E-state index in [9.17, 15) is 9.59 Å². The summed E-state index contributed by atoms with van der Waals surface area (Å²) in [7, 11) is 2.71. The number of benzene rings is 2. The topological polar surface area (TPSA) is 78.9 Å². The van der Waals surface area contributed by atoms with Gasteiger partial charge in [-0.3, -0.25) is 0 Å². The summed E-state index contributed by atoms with van der Waals surface area (Å²) in [6, 6.07) is 14.2. The second-order valence-corrected chi connectivity index (χ2v) is 6.41. The van der Waals surface area contributed by atoms with Gasteiger partial charge < -0.3 is 18.3 Å². The number of carbonyl (C=O) groups excluding carboxylic acids is 2. The maximum absolute atomic E-state index is 11.7. The molecule has 0 aliphatic carbocycles. The van der Waals surface area contributed by atoms with Crippen molar-refractivity contribution in [2.24, 2.45) is 0 Å². The molecule has 0 spiro atoms.